The highest BCUT2D eigenvalue weighted by atomic mass is 16.2. The van der Waals surface area contributed by atoms with E-state index in [0.29, 0.717) is 17.7 Å². The van der Waals surface area contributed by atoms with Crippen molar-refractivity contribution in [1.29, 1.82) is 0 Å². The van der Waals surface area contributed by atoms with E-state index in [-0.39, 0.29) is 17.9 Å². The van der Waals surface area contributed by atoms with Crippen LogP contribution in [0.2, 0.25) is 0 Å². The number of carbonyl (C=O) groups is 2. The molecule has 2 aromatic carbocycles. The average molecular weight is 310 g/mol. The van der Waals surface area contributed by atoms with Crippen molar-refractivity contribution in [2.24, 2.45) is 0 Å². The van der Waals surface area contributed by atoms with Crippen molar-refractivity contribution >= 4 is 17.5 Å². The maximum atomic E-state index is 12.1. The van der Waals surface area contributed by atoms with Gasteiger partial charge < -0.3 is 10.6 Å². The zero-order valence-corrected chi connectivity index (χ0v) is 13.7. The van der Waals surface area contributed by atoms with Crippen molar-refractivity contribution in [1.82, 2.24) is 5.32 Å². The Morgan fingerprint density at radius 2 is 1.65 bits per heavy atom. The molecular weight excluding hydrogens is 288 g/mol. The van der Waals surface area contributed by atoms with Crippen LogP contribution < -0.4 is 10.6 Å². The number of anilines is 1. The van der Waals surface area contributed by atoms with Gasteiger partial charge in [-0.25, -0.2) is 0 Å². The first-order valence-electron chi connectivity index (χ1n) is 7.71. The highest BCUT2D eigenvalue weighted by Crippen LogP contribution is 2.12. The summed E-state index contributed by atoms with van der Waals surface area (Å²) in [5.41, 5.74) is 3.38. The lowest BCUT2D eigenvalue weighted by Gasteiger charge is -2.10. The van der Waals surface area contributed by atoms with Crippen LogP contribution in [0.5, 0.6) is 0 Å². The van der Waals surface area contributed by atoms with Crippen LogP contribution in [0.4, 0.5) is 5.69 Å². The van der Waals surface area contributed by atoms with Gasteiger partial charge in [0.2, 0.25) is 5.91 Å². The second-order valence-electron chi connectivity index (χ2n) is 5.86. The van der Waals surface area contributed by atoms with Crippen LogP contribution in [-0.2, 0) is 11.2 Å². The number of hydrogen-bond donors (Lipinski definition) is 2. The molecule has 23 heavy (non-hydrogen) atoms. The van der Waals surface area contributed by atoms with Crippen LogP contribution in [0.1, 0.15) is 35.3 Å². The van der Waals surface area contributed by atoms with E-state index in [2.05, 4.69) is 10.6 Å². The average Bonchev–Trinajstić information content (AvgIpc) is 2.49. The Kier molecular flexibility index (Phi) is 5.52. The fourth-order valence-corrected chi connectivity index (χ4v) is 2.24. The standard InChI is InChI=1S/C19H22N2O2/c1-13(2)20-19(23)15-8-10-17(11-9-15)21-18(22)12-16-7-5-4-6-14(16)3/h4-11,13H,12H2,1-3H3,(H,20,23)(H,21,22). The Labute approximate surface area is 136 Å². The van der Waals surface area contributed by atoms with Gasteiger partial charge in [-0.05, 0) is 56.2 Å². The number of aryl methyl sites for hydroxylation is 1. The maximum absolute atomic E-state index is 12.1. The number of amides is 2. The molecule has 2 N–H and O–H groups in total. The summed E-state index contributed by atoms with van der Waals surface area (Å²) in [7, 11) is 0. The molecule has 0 aliphatic heterocycles. The zero-order chi connectivity index (χ0) is 16.8. The van der Waals surface area contributed by atoms with Crippen molar-refractivity contribution in [3.8, 4) is 0 Å². The molecule has 0 atom stereocenters. The molecule has 0 radical (unpaired) electrons. The molecule has 2 amide bonds. The Hall–Kier alpha value is -2.62. The maximum Gasteiger partial charge on any atom is 0.251 e. The van der Waals surface area contributed by atoms with E-state index in [1.807, 2.05) is 45.0 Å². The molecule has 0 aromatic heterocycles. The van der Waals surface area contributed by atoms with E-state index in [0.717, 1.165) is 11.1 Å². The monoisotopic (exact) mass is 310 g/mol. The van der Waals surface area contributed by atoms with E-state index in [1.165, 1.54) is 0 Å². The molecule has 4 heteroatoms. The third-order valence-electron chi connectivity index (χ3n) is 3.46. The van der Waals surface area contributed by atoms with E-state index in [1.54, 1.807) is 24.3 Å². The summed E-state index contributed by atoms with van der Waals surface area (Å²) in [6.07, 6.45) is 0.336. The second kappa shape index (κ2) is 7.58. The van der Waals surface area contributed by atoms with Gasteiger partial charge in [-0.2, -0.15) is 0 Å². The predicted molar refractivity (Wildman–Crippen MR) is 92.6 cm³/mol. The lowest BCUT2D eigenvalue weighted by Crippen LogP contribution is -2.30. The molecule has 2 rings (SSSR count). The second-order valence-corrected chi connectivity index (χ2v) is 5.86. The fraction of sp³-hybridized carbons (Fsp3) is 0.263. The van der Waals surface area contributed by atoms with Crippen LogP contribution >= 0.6 is 0 Å². The quantitative estimate of drug-likeness (QED) is 0.890. The molecule has 4 nitrogen and oxygen atoms in total. The third-order valence-corrected chi connectivity index (χ3v) is 3.46. The molecule has 0 aliphatic rings. The highest BCUT2D eigenvalue weighted by molar-refractivity contribution is 5.96. The van der Waals surface area contributed by atoms with Gasteiger partial charge in [-0.15, -0.1) is 0 Å². The zero-order valence-electron chi connectivity index (χ0n) is 13.7. The van der Waals surface area contributed by atoms with Crippen LogP contribution in [0.3, 0.4) is 0 Å². The topological polar surface area (TPSA) is 58.2 Å². The number of benzene rings is 2. The molecule has 0 heterocycles. The summed E-state index contributed by atoms with van der Waals surface area (Å²) in [5, 5.41) is 5.69. The Balaban J connectivity index is 1.97. The first-order valence-corrected chi connectivity index (χ1v) is 7.71. The highest BCUT2D eigenvalue weighted by Gasteiger charge is 2.09. The first kappa shape index (κ1) is 16.7. The van der Waals surface area contributed by atoms with Gasteiger partial charge in [0, 0.05) is 17.3 Å². The van der Waals surface area contributed by atoms with E-state index < -0.39 is 0 Å². The molecule has 0 bridgehead atoms. The van der Waals surface area contributed by atoms with Gasteiger partial charge in [-0.1, -0.05) is 24.3 Å². The van der Waals surface area contributed by atoms with Crippen molar-refractivity contribution < 1.29 is 9.59 Å². The summed E-state index contributed by atoms with van der Waals surface area (Å²) < 4.78 is 0. The molecule has 0 fully saturated rings. The largest absolute Gasteiger partial charge is 0.350 e. The number of hydrogen-bond acceptors (Lipinski definition) is 2. The van der Waals surface area contributed by atoms with Crippen molar-refractivity contribution in [3.63, 3.8) is 0 Å². The van der Waals surface area contributed by atoms with Crippen molar-refractivity contribution in [3.05, 3.63) is 65.2 Å². The molecule has 0 saturated carbocycles. The van der Waals surface area contributed by atoms with Gasteiger partial charge in [0.15, 0.2) is 0 Å². The summed E-state index contributed by atoms with van der Waals surface area (Å²) in [5.74, 6) is -0.184. The number of carbonyl (C=O) groups excluding carboxylic acids is 2. The summed E-state index contributed by atoms with van der Waals surface area (Å²) in [4.78, 5) is 24.0. The molecule has 0 aliphatic carbocycles. The first-order chi connectivity index (χ1) is 11.0. The lowest BCUT2D eigenvalue weighted by molar-refractivity contribution is -0.115. The van der Waals surface area contributed by atoms with Gasteiger partial charge in [0.1, 0.15) is 0 Å². The predicted octanol–water partition coefficient (Wildman–Crippen LogP) is 3.31. The summed E-state index contributed by atoms with van der Waals surface area (Å²) in [6, 6.07) is 14.8. The smallest absolute Gasteiger partial charge is 0.251 e. The molecule has 2 aromatic rings. The van der Waals surface area contributed by atoms with Gasteiger partial charge in [-0.3, -0.25) is 9.59 Å². The van der Waals surface area contributed by atoms with E-state index in [9.17, 15) is 9.59 Å². The third kappa shape index (κ3) is 4.95. The minimum Gasteiger partial charge on any atom is -0.350 e. The fourth-order valence-electron chi connectivity index (χ4n) is 2.24. The molecular formula is C19H22N2O2. The normalized spacial score (nSPS) is 10.4. The van der Waals surface area contributed by atoms with E-state index >= 15 is 0 Å². The van der Waals surface area contributed by atoms with Gasteiger partial charge in [0.05, 0.1) is 6.42 Å². The summed E-state index contributed by atoms with van der Waals surface area (Å²) >= 11 is 0. The SMILES string of the molecule is Cc1ccccc1CC(=O)Nc1ccc(C(=O)NC(C)C)cc1. The number of rotatable bonds is 5. The van der Waals surface area contributed by atoms with Crippen molar-refractivity contribution in [2.75, 3.05) is 5.32 Å². The molecule has 120 valence electrons. The minimum absolute atomic E-state index is 0.0707. The van der Waals surface area contributed by atoms with Crippen molar-refractivity contribution in [2.45, 2.75) is 33.2 Å². The van der Waals surface area contributed by atoms with Crippen LogP contribution in [-0.4, -0.2) is 17.9 Å². The Morgan fingerprint density at radius 1 is 1.00 bits per heavy atom. The van der Waals surface area contributed by atoms with Crippen LogP contribution in [0, 0.1) is 6.92 Å². The lowest BCUT2D eigenvalue weighted by atomic mass is 10.1. The Bertz CT molecular complexity index is 691. The van der Waals surface area contributed by atoms with Gasteiger partial charge in [0.25, 0.3) is 5.91 Å². The Morgan fingerprint density at radius 3 is 2.26 bits per heavy atom. The van der Waals surface area contributed by atoms with Gasteiger partial charge >= 0.3 is 0 Å². The van der Waals surface area contributed by atoms with E-state index in [4.69, 9.17) is 0 Å². The number of nitrogens with one attached hydrogen (secondary N) is 2. The molecule has 0 saturated heterocycles. The van der Waals surface area contributed by atoms with Crippen LogP contribution in [0.25, 0.3) is 0 Å². The van der Waals surface area contributed by atoms with Crippen LogP contribution in [0.15, 0.2) is 48.5 Å². The molecule has 0 spiro atoms. The molecule has 0 unspecified atom stereocenters. The minimum atomic E-state index is -0.113. The summed E-state index contributed by atoms with van der Waals surface area (Å²) in [6.45, 7) is 5.82.